The highest BCUT2D eigenvalue weighted by Crippen LogP contribution is 2.53. The van der Waals surface area contributed by atoms with Crippen LogP contribution >= 0.6 is 0 Å². The van der Waals surface area contributed by atoms with E-state index in [0.29, 0.717) is 32.6 Å². The molecule has 0 aliphatic carbocycles. The molecule has 1 unspecified atom stereocenters. The molecule has 3 amide bonds. The van der Waals surface area contributed by atoms with E-state index >= 15 is 0 Å². The monoisotopic (exact) mass is 493 g/mol. The Balaban J connectivity index is 1.51. The number of unbranched alkanes of at least 4 members (excludes halogenated alkanes) is 1. The van der Waals surface area contributed by atoms with Crippen LogP contribution in [0.25, 0.3) is 0 Å². The summed E-state index contributed by atoms with van der Waals surface area (Å²) in [4.78, 5) is 46.9. The van der Waals surface area contributed by atoms with E-state index in [-0.39, 0.29) is 30.9 Å². The molecule has 5 rings (SSSR count). The van der Waals surface area contributed by atoms with Crippen molar-refractivity contribution in [1.82, 2.24) is 14.7 Å². The van der Waals surface area contributed by atoms with Crippen molar-refractivity contribution in [2.75, 3.05) is 32.8 Å². The second-order valence-corrected chi connectivity index (χ2v) is 10.1. The molecule has 0 bridgehead atoms. The third kappa shape index (κ3) is 4.06. The molecule has 0 saturated carbocycles. The number of aliphatic hydroxyl groups excluding tert-OH is 1. The van der Waals surface area contributed by atoms with Gasteiger partial charge < -0.3 is 24.5 Å². The van der Waals surface area contributed by atoms with Gasteiger partial charge in [-0.25, -0.2) is 0 Å². The zero-order valence-electron chi connectivity index (χ0n) is 20.8. The van der Waals surface area contributed by atoms with Crippen LogP contribution in [0.15, 0.2) is 54.6 Å². The van der Waals surface area contributed by atoms with Crippen molar-refractivity contribution >= 4 is 17.7 Å². The second kappa shape index (κ2) is 10.2. The topological polar surface area (TPSA) is 90.4 Å². The van der Waals surface area contributed by atoms with Gasteiger partial charge in [-0.1, -0.05) is 68.0 Å². The molecule has 4 aliphatic rings. The number of rotatable bonds is 8. The van der Waals surface area contributed by atoms with Crippen LogP contribution in [0.2, 0.25) is 0 Å². The zero-order valence-corrected chi connectivity index (χ0v) is 20.8. The Morgan fingerprint density at radius 1 is 0.972 bits per heavy atom. The Hall–Kier alpha value is -2.97. The summed E-state index contributed by atoms with van der Waals surface area (Å²) in [6.07, 6.45) is 9.23. The molecule has 8 heteroatoms. The van der Waals surface area contributed by atoms with Crippen LogP contribution in [0, 0.1) is 11.8 Å². The number of carbonyl (C=O) groups excluding carboxylic acids is 3. The molecule has 4 heterocycles. The highest BCUT2D eigenvalue weighted by Gasteiger charge is 2.71. The molecule has 0 aromatic heterocycles. The number of fused-ring (bicyclic) bond motifs is 2. The number of hydrogen-bond acceptors (Lipinski definition) is 5. The van der Waals surface area contributed by atoms with Gasteiger partial charge in [0.1, 0.15) is 11.6 Å². The Morgan fingerprint density at radius 2 is 1.75 bits per heavy atom. The largest absolute Gasteiger partial charge is 0.396 e. The zero-order chi connectivity index (χ0) is 25.3. The quantitative estimate of drug-likeness (QED) is 0.558. The van der Waals surface area contributed by atoms with Crippen LogP contribution in [0.5, 0.6) is 0 Å². The van der Waals surface area contributed by atoms with Crippen molar-refractivity contribution in [2.45, 2.75) is 50.5 Å². The second-order valence-electron chi connectivity index (χ2n) is 10.1. The van der Waals surface area contributed by atoms with Gasteiger partial charge in [0.25, 0.3) is 0 Å². The summed E-state index contributed by atoms with van der Waals surface area (Å²) < 4.78 is 6.62. The summed E-state index contributed by atoms with van der Waals surface area (Å²) in [6, 6.07) is 8.96. The van der Waals surface area contributed by atoms with Crippen LogP contribution in [0.4, 0.5) is 0 Å². The Labute approximate surface area is 212 Å². The number of likely N-dealkylation sites (tertiary alicyclic amines) is 1. The lowest BCUT2D eigenvalue weighted by Crippen LogP contribution is -2.55. The fourth-order valence-corrected chi connectivity index (χ4v) is 6.21. The molecule has 1 N–H and O–H groups in total. The van der Waals surface area contributed by atoms with E-state index in [4.69, 9.17) is 4.74 Å². The first-order valence-electron chi connectivity index (χ1n) is 13.1. The molecule has 4 aliphatic heterocycles. The summed E-state index contributed by atoms with van der Waals surface area (Å²) in [7, 11) is 0. The minimum atomic E-state index is -1.20. The maximum atomic E-state index is 14.0. The molecule has 1 spiro atoms. The summed E-state index contributed by atoms with van der Waals surface area (Å²) >= 11 is 0. The molecule has 1 aromatic rings. The first kappa shape index (κ1) is 24.7. The summed E-state index contributed by atoms with van der Waals surface area (Å²) in [5.74, 6) is -2.00. The highest BCUT2D eigenvalue weighted by atomic mass is 16.5. The third-order valence-corrected chi connectivity index (χ3v) is 7.88. The van der Waals surface area contributed by atoms with E-state index in [1.54, 1.807) is 14.7 Å². The number of nitrogens with zero attached hydrogens (tertiary/aromatic N) is 3. The first-order valence-corrected chi connectivity index (χ1v) is 13.1. The van der Waals surface area contributed by atoms with E-state index in [9.17, 15) is 19.5 Å². The van der Waals surface area contributed by atoms with Crippen molar-refractivity contribution < 1.29 is 24.2 Å². The molecule has 5 atom stereocenters. The maximum absolute atomic E-state index is 14.0. The highest BCUT2D eigenvalue weighted by molar-refractivity contribution is 5.99. The third-order valence-electron chi connectivity index (χ3n) is 7.88. The molecule has 8 nitrogen and oxygen atoms in total. The normalized spacial score (nSPS) is 31.4. The summed E-state index contributed by atoms with van der Waals surface area (Å²) in [5.41, 5.74) is -0.182. The average Bonchev–Trinajstić information content (AvgIpc) is 3.20. The van der Waals surface area contributed by atoms with Crippen LogP contribution in [-0.2, 0) is 25.7 Å². The van der Waals surface area contributed by atoms with Gasteiger partial charge in [0.2, 0.25) is 17.7 Å². The number of benzene rings is 1. The van der Waals surface area contributed by atoms with Crippen LogP contribution < -0.4 is 0 Å². The minimum Gasteiger partial charge on any atom is -0.396 e. The van der Waals surface area contributed by atoms with E-state index < -0.39 is 29.6 Å². The van der Waals surface area contributed by atoms with Gasteiger partial charge in [-0.05, 0) is 18.4 Å². The minimum absolute atomic E-state index is 0.0861. The van der Waals surface area contributed by atoms with Gasteiger partial charge in [0.15, 0.2) is 0 Å². The van der Waals surface area contributed by atoms with E-state index in [1.165, 1.54) is 0 Å². The predicted molar refractivity (Wildman–Crippen MR) is 133 cm³/mol. The Bertz CT molecular complexity index is 1060. The van der Waals surface area contributed by atoms with Gasteiger partial charge in [-0.3, -0.25) is 14.4 Å². The van der Waals surface area contributed by atoms with Crippen molar-refractivity contribution in [2.24, 2.45) is 11.8 Å². The molecule has 36 heavy (non-hydrogen) atoms. The van der Waals surface area contributed by atoms with Gasteiger partial charge >= 0.3 is 0 Å². The molecule has 192 valence electrons. The molecule has 2 fully saturated rings. The van der Waals surface area contributed by atoms with E-state index in [2.05, 4.69) is 6.92 Å². The first-order chi connectivity index (χ1) is 17.5. The standard InChI is InChI=1S/C28H35N3O5/c1-2-3-14-29-16-8-13-28-23(26(34)31(17-9-18-32)24(28)27(29)35)22-21(36-28)12-7-15-30(25(22)33)19-20-10-5-4-6-11-20/h4-8,10-13,21-24,32H,2-3,9,14-19H2,1H3/t21-,22+,23+,24?,28+/m1/s1. The lowest BCUT2D eigenvalue weighted by molar-refractivity contribution is -0.148. The summed E-state index contributed by atoms with van der Waals surface area (Å²) in [6.45, 7) is 4.18. The van der Waals surface area contributed by atoms with Gasteiger partial charge in [0, 0.05) is 39.3 Å². The predicted octanol–water partition coefficient (Wildman–Crippen LogP) is 1.75. The lowest BCUT2D eigenvalue weighted by Gasteiger charge is -2.35. The maximum Gasteiger partial charge on any atom is 0.249 e. The number of carbonyl (C=O) groups is 3. The van der Waals surface area contributed by atoms with Crippen molar-refractivity contribution in [3.05, 3.63) is 60.2 Å². The van der Waals surface area contributed by atoms with E-state index in [0.717, 1.165) is 18.4 Å². The molecular weight excluding hydrogens is 458 g/mol. The fourth-order valence-electron chi connectivity index (χ4n) is 6.21. The Kier molecular flexibility index (Phi) is 6.99. The molecule has 0 radical (unpaired) electrons. The average molecular weight is 494 g/mol. The van der Waals surface area contributed by atoms with Crippen LogP contribution in [0.3, 0.4) is 0 Å². The van der Waals surface area contributed by atoms with E-state index in [1.807, 2.05) is 54.6 Å². The van der Waals surface area contributed by atoms with Gasteiger partial charge in [-0.15, -0.1) is 0 Å². The number of hydrogen-bond donors (Lipinski definition) is 1. The number of aliphatic hydroxyl groups is 1. The van der Waals surface area contributed by atoms with Crippen LogP contribution in [0.1, 0.15) is 31.7 Å². The lowest BCUT2D eigenvalue weighted by atomic mass is 9.77. The van der Waals surface area contributed by atoms with Gasteiger partial charge in [0.05, 0.1) is 17.9 Å². The number of ether oxygens (including phenoxy) is 1. The smallest absolute Gasteiger partial charge is 0.249 e. The fraction of sp³-hybridized carbons (Fsp3) is 0.536. The summed E-state index contributed by atoms with van der Waals surface area (Å²) in [5, 5.41) is 9.49. The van der Waals surface area contributed by atoms with Crippen molar-refractivity contribution in [3.8, 4) is 0 Å². The van der Waals surface area contributed by atoms with Crippen molar-refractivity contribution in [1.29, 1.82) is 0 Å². The van der Waals surface area contributed by atoms with Crippen molar-refractivity contribution in [3.63, 3.8) is 0 Å². The molecule has 1 aromatic carbocycles. The number of amides is 3. The van der Waals surface area contributed by atoms with Crippen LogP contribution in [-0.4, -0.2) is 88.1 Å². The van der Waals surface area contributed by atoms with Gasteiger partial charge in [-0.2, -0.15) is 0 Å². The SMILES string of the molecule is CCCCN1CC=C[C@]23O[C@@H]4C=CCN(Cc5ccccc5)C(=O)[C@@H]4[C@H]2C(=O)N(CCCO)C3C1=O. The molecular formula is C28H35N3O5. The molecule has 2 saturated heterocycles. The Morgan fingerprint density at radius 3 is 2.50 bits per heavy atom.